The molecule has 0 aliphatic rings. The highest BCUT2D eigenvalue weighted by molar-refractivity contribution is 7.11. The number of hydrogen-bond acceptors (Lipinski definition) is 7. The van der Waals surface area contributed by atoms with E-state index in [4.69, 9.17) is 37.2 Å². The van der Waals surface area contributed by atoms with E-state index >= 15 is 0 Å². The van der Waals surface area contributed by atoms with E-state index < -0.39 is 5.97 Å². The third-order valence-corrected chi connectivity index (χ3v) is 5.73. The monoisotopic (exact) mass is 460 g/mol. The summed E-state index contributed by atoms with van der Waals surface area (Å²) in [6, 6.07) is 18.7. The number of para-hydroxylation sites is 1. The van der Waals surface area contributed by atoms with Crippen LogP contribution in [0.3, 0.4) is 0 Å². The zero-order chi connectivity index (χ0) is 20.9. The maximum atomic E-state index is 12.2. The normalized spacial score (nSPS) is 10.7. The van der Waals surface area contributed by atoms with E-state index in [0.29, 0.717) is 22.8 Å². The van der Waals surface area contributed by atoms with Gasteiger partial charge >= 0.3 is 5.97 Å². The van der Waals surface area contributed by atoms with Gasteiger partial charge in [0.2, 0.25) is 0 Å². The summed E-state index contributed by atoms with van der Waals surface area (Å²) in [6.07, 6.45) is 0. The van der Waals surface area contributed by atoms with Crippen molar-refractivity contribution in [2.45, 2.75) is 13.2 Å². The van der Waals surface area contributed by atoms with Crippen LogP contribution in [0.5, 0.6) is 5.75 Å². The molecule has 6 nitrogen and oxygen atoms in total. The second-order valence-electron chi connectivity index (χ2n) is 6.14. The van der Waals surface area contributed by atoms with E-state index in [1.807, 2.05) is 48.5 Å². The molecule has 4 aromatic rings. The van der Waals surface area contributed by atoms with Gasteiger partial charge in [0.1, 0.15) is 34.0 Å². The Morgan fingerprint density at radius 1 is 1.03 bits per heavy atom. The van der Waals surface area contributed by atoms with Gasteiger partial charge in [0.15, 0.2) is 11.5 Å². The van der Waals surface area contributed by atoms with Crippen LogP contribution in [0.4, 0.5) is 0 Å². The number of ether oxygens (including phenoxy) is 2. The Hall–Kier alpha value is -2.87. The average Bonchev–Trinajstić information content (AvgIpc) is 3.39. The Morgan fingerprint density at radius 2 is 1.80 bits per heavy atom. The van der Waals surface area contributed by atoms with Crippen LogP contribution < -0.4 is 4.74 Å². The van der Waals surface area contributed by atoms with Crippen molar-refractivity contribution in [3.63, 3.8) is 0 Å². The molecule has 0 saturated carbocycles. The molecule has 2 aromatic carbocycles. The summed E-state index contributed by atoms with van der Waals surface area (Å²) < 4.78 is 20.7. The van der Waals surface area contributed by atoms with Gasteiger partial charge in [-0.25, -0.2) is 4.79 Å². The zero-order valence-electron chi connectivity index (χ0n) is 15.4. The molecule has 2 aromatic heterocycles. The fourth-order valence-corrected chi connectivity index (χ4v) is 3.61. The maximum absolute atomic E-state index is 12.2. The number of hydrogen-bond donors (Lipinski definition) is 0. The summed E-state index contributed by atoms with van der Waals surface area (Å²) >= 11 is 12.7. The Labute approximate surface area is 186 Å². The van der Waals surface area contributed by atoms with E-state index in [9.17, 15) is 4.79 Å². The van der Waals surface area contributed by atoms with Gasteiger partial charge in [-0.1, -0.05) is 76.9 Å². The van der Waals surface area contributed by atoms with E-state index in [0.717, 1.165) is 17.1 Å². The Kier molecular flexibility index (Phi) is 6.32. The van der Waals surface area contributed by atoms with E-state index in [1.54, 1.807) is 12.1 Å². The van der Waals surface area contributed by atoms with Crippen LogP contribution in [0.1, 0.15) is 21.7 Å². The largest absolute Gasteiger partial charge is 0.487 e. The minimum atomic E-state index is -0.651. The molecule has 2 heterocycles. The highest BCUT2D eigenvalue weighted by Crippen LogP contribution is 2.30. The first-order valence-corrected chi connectivity index (χ1v) is 10.3. The van der Waals surface area contributed by atoms with Crippen LogP contribution in [0, 0.1) is 0 Å². The molecule has 9 heteroatoms. The van der Waals surface area contributed by atoms with Crippen molar-refractivity contribution in [2.75, 3.05) is 0 Å². The van der Waals surface area contributed by atoms with Gasteiger partial charge < -0.3 is 14.0 Å². The summed E-state index contributed by atoms with van der Waals surface area (Å²) in [5.74, 6) is 0.578. The number of carbonyl (C=O) groups excluding carboxylic acids is 1. The van der Waals surface area contributed by atoms with Crippen LogP contribution in [0.2, 0.25) is 9.36 Å². The molecule has 4 rings (SSSR count). The molecule has 0 amide bonds. The second-order valence-corrected chi connectivity index (χ2v) is 7.89. The predicted molar refractivity (Wildman–Crippen MR) is 114 cm³/mol. The lowest BCUT2D eigenvalue weighted by molar-refractivity contribution is 0.0464. The first-order valence-electron chi connectivity index (χ1n) is 8.81. The first-order chi connectivity index (χ1) is 14.6. The summed E-state index contributed by atoms with van der Waals surface area (Å²) in [6.45, 7) is 0.198. The summed E-state index contributed by atoms with van der Waals surface area (Å²) in [7, 11) is 0. The summed E-state index contributed by atoms with van der Waals surface area (Å²) in [5.41, 5.74) is 2.27. The van der Waals surface area contributed by atoms with Crippen molar-refractivity contribution in [3.8, 4) is 17.1 Å². The van der Waals surface area contributed by atoms with Crippen molar-refractivity contribution in [2.24, 2.45) is 0 Å². The van der Waals surface area contributed by atoms with Crippen molar-refractivity contribution in [3.05, 3.63) is 87.0 Å². The van der Waals surface area contributed by atoms with Gasteiger partial charge in [0.05, 0.1) is 0 Å². The molecule has 0 fully saturated rings. The average molecular weight is 461 g/mol. The maximum Gasteiger partial charge on any atom is 0.360 e. The zero-order valence-corrected chi connectivity index (χ0v) is 17.7. The molecule has 0 bridgehead atoms. The third-order valence-electron chi connectivity index (χ3n) is 4.12. The Morgan fingerprint density at radius 3 is 2.57 bits per heavy atom. The molecule has 0 radical (unpaired) electrons. The molecule has 152 valence electrons. The molecular weight excluding hydrogens is 447 g/mol. The number of nitrogens with zero attached hydrogens (tertiary/aromatic N) is 2. The standard InChI is InChI=1S/C21H14Cl2N2O4S/c22-18-19(25-30-20(18)23)21(26)28-11-14-8-4-5-9-16(14)27-12-15-10-17(29-24-15)13-6-2-1-3-7-13/h1-10H,11-12H2. The number of aromatic nitrogens is 2. The smallest absolute Gasteiger partial charge is 0.360 e. The molecule has 0 aliphatic heterocycles. The van der Waals surface area contributed by atoms with Crippen LogP contribution in [-0.2, 0) is 18.0 Å². The summed E-state index contributed by atoms with van der Waals surface area (Å²) in [5, 5.41) is 4.14. The molecule has 30 heavy (non-hydrogen) atoms. The highest BCUT2D eigenvalue weighted by atomic mass is 35.5. The van der Waals surface area contributed by atoms with Gasteiger partial charge in [0.25, 0.3) is 0 Å². The lowest BCUT2D eigenvalue weighted by Gasteiger charge is -2.10. The number of esters is 1. The van der Waals surface area contributed by atoms with Crippen molar-refractivity contribution in [1.82, 2.24) is 9.53 Å². The van der Waals surface area contributed by atoms with Gasteiger partial charge in [-0.05, 0) is 17.6 Å². The van der Waals surface area contributed by atoms with Crippen molar-refractivity contribution in [1.29, 1.82) is 0 Å². The number of carbonyl (C=O) groups is 1. The van der Waals surface area contributed by atoms with Gasteiger partial charge in [-0.3, -0.25) is 0 Å². The highest BCUT2D eigenvalue weighted by Gasteiger charge is 2.19. The topological polar surface area (TPSA) is 74.5 Å². The Bertz CT molecular complexity index is 1160. The fourth-order valence-electron chi connectivity index (χ4n) is 2.63. The van der Waals surface area contributed by atoms with Crippen molar-refractivity contribution >= 4 is 40.7 Å². The number of benzene rings is 2. The van der Waals surface area contributed by atoms with Crippen LogP contribution in [0.15, 0.2) is 65.2 Å². The Balaban J connectivity index is 1.39. The second kappa shape index (κ2) is 9.30. The van der Waals surface area contributed by atoms with Crippen LogP contribution >= 0.6 is 34.7 Å². The van der Waals surface area contributed by atoms with Gasteiger partial charge in [-0.2, -0.15) is 4.37 Å². The quantitative estimate of drug-likeness (QED) is 0.313. The van der Waals surface area contributed by atoms with E-state index in [1.165, 1.54) is 0 Å². The number of halogens is 2. The van der Waals surface area contributed by atoms with Gasteiger partial charge in [0, 0.05) is 17.2 Å². The fraction of sp³-hybridized carbons (Fsp3) is 0.0952. The van der Waals surface area contributed by atoms with E-state index in [-0.39, 0.29) is 28.3 Å². The molecule has 0 saturated heterocycles. The number of rotatable bonds is 7. The molecule has 0 unspecified atom stereocenters. The molecule has 0 N–H and O–H groups in total. The molecule has 0 aliphatic carbocycles. The molecule has 0 atom stereocenters. The first kappa shape index (κ1) is 20.4. The lowest BCUT2D eigenvalue weighted by Crippen LogP contribution is -2.07. The van der Waals surface area contributed by atoms with E-state index in [2.05, 4.69) is 9.53 Å². The molecule has 0 spiro atoms. The van der Waals surface area contributed by atoms with Crippen LogP contribution in [0.25, 0.3) is 11.3 Å². The van der Waals surface area contributed by atoms with Gasteiger partial charge in [-0.15, -0.1) is 0 Å². The predicted octanol–water partition coefficient (Wildman–Crippen LogP) is 6.04. The minimum absolute atomic E-state index is 0.00102. The lowest BCUT2D eigenvalue weighted by atomic mass is 10.2. The summed E-state index contributed by atoms with van der Waals surface area (Å²) in [4.78, 5) is 12.2. The minimum Gasteiger partial charge on any atom is -0.487 e. The SMILES string of the molecule is O=C(OCc1ccccc1OCc1cc(-c2ccccc2)on1)c1nsc(Cl)c1Cl. The van der Waals surface area contributed by atoms with Crippen molar-refractivity contribution < 1.29 is 18.8 Å². The van der Waals surface area contributed by atoms with Crippen LogP contribution in [-0.4, -0.2) is 15.5 Å². The third kappa shape index (κ3) is 4.64. The molecular formula is C21H14Cl2N2O4S.